The van der Waals surface area contributed by atoms with Crippen LogP contribution in [0.1, 0.15) is 33.6 Å². The average Bonchev–Trinajstić information content (AvgIpc) is 2.53. The van der Waals surface area contributed by atoms with Crippen molar-refractivity contribution < 1.29 is 0 Å². The van der Waals surface area contributed by atoms with E-state index in [0.717, 1.165) is 10.1 Å². The van der Waals surface area contributed by atoms with Crippen LogP contribution in [0.2, 0.25) is 0 Å². The van der Waals surface area contributed by atoms with Crippen LogP contribution < -0.4 is 11.1 Å². The lowest BCUT2D eigenvalue weighted by atomic mass is 9.96. The molecule has 1 aromatic rings. The van der Waals surface area contributed by atoms with E-state index >= 15 is 0 Å². The van der Waals surface area contributed by atoms with E-state index in [-0.39, 0.29) is 0 Å². The van der Waals surface area contributed by atoms with Gasteiger partial charge in [-0.15, -0.1) is 0 Å². The van der Waals surface area contributed by atoms with Gasteiger partial charge < -0.3 is 11.1 Å². The van der Waals surface area contributed by atoms with Gasteiger partial charge in [-0.25, -0.2) is 4.98 Å². The molecule has 0 radical (unpaired) electrons. The fourth-order valence-corrected chi connectivity index (χ4v) is 2.34. The summed E-state index contributed by atoms with van der Waals surface area (Å²) in [6.07, 6.45) is 4.10. The molecule has 1 atom stereocenters. The van der Waals surface area contributed by atoms with Crippen LogP contribution >= 0.6 is 11.3 Å². The molecule has 1 unspecified atom stereocenters. The Hall–Kier alpha value is -0.770. The number of hydrogen-bond acceptors (Lipinski definition) is 4. The van der Waals surface area contributed by atoms with Crippen molar-refractivity contribution in [1.82, 2.24) is 4.98 Å². The number of anilines is 2. The zero-order valence-electron chi connectivity index (χ0n) is 9.08. The van der Waals surface area contributed by atoms with E-state index in [1.807, 2.05) is 0 Å². The molecule has 80 valence electrons. The summed E-state index contributed by atoms with van der Waals surface area (Å²) in [5.74, 6) is 0.708. The number of hydrogen-bond donors (Lipinski definition) is 2. The number of nitrogens with zero attached hydrogens (tertiary/aromatic N) is 1. The van der Waals surface area contributed by atoms with Crippen LogP contribution in [0, 0.1) is 5.92 Å². The average molecular weight is 213 g/mol. The predicted molar refractivity (Wildman–Crippen MR) is 63.7 cm³/mol. The normalized spacial score (nSPS) is 13.1. The summed E-state index contributed by atoms with van der Waals surface area (Å²) in [6, 6.07) is 0.468. The van der Waals surface area contributed by atoms with E-state index in [1.165, 1.54) is 24.2 Å². The number of aromatic nitrogens is 1. The fraction of sp³-hybridized carbons (Fsp3) is 0.700. The zero-order chi connectivity index (χ0) is 10.6. The molecule has 4 heteroatoms. The maximum Gasteiger partial charge on any atom is 0.184 e. The first-order chi connectivity index (χ1) is 6.67. The molecule has 0 aliphatic rings. The molecule has 0 aromatic carbocycles. The molecule has 0 amide bonds. The summed E-state index contributed by atoms with van der Waals surface area (Å²) in [4.78, 5) is 4.19. The van der Waals surface area contributed by atoms with Gasteiger partial charge in [0.05, 0.1) is 6.20 Å². The lowest BCUT2D eigenvalue weighted by Gasteiger charge is -2.21. The Bertz CT molecular complexity index is 268. The highest BCUT2D eigenvalue weighted by molar-refractivity contribution is 7.19. The van der Waals surface area contributed by atoms with Crippen molar-refractivity contribution in [2.75, 3.05) is 11.1 Å². The van der Waals surface area contributed by atoms with Crippen molar-refractivity contribution >= 4 is 21.5 Å². The molecule has 0 aliphatic carbocycles. The first kappa shape index (κ1) is 11.3. The van der Waals surface area contributed by atoms with Crippen LogP contribution in [0.15, 0.2) is 6.20 Å². The minimum atomic E-state index is 0.468. The summed E-state index contributed by atoms with van der Waals surface area (Å²) < 4.78 is 0. The third kappa shape index (κ3) is 2.87. The maximum absolute atomic E-state index is 5.61. The quantitative estimate of drug-likeness (QED) is 0.790. The molecule has 0 saturated carbocycles. The molecule has 0 saturated heterocycles. The first-order valence-electron chi connectivity index (χ1n) is 5.15. The topological polar surface area (TPSA) is 50.9 Å². The van der Waals surface area contributed by atoms with Gasteiger partial charge in [0.2, 0.25) is 0 Å². The standard InChI is InChI=1S/C10H19N3S/c1-4-8(5-2)7(3)13-10-12-6-9(11)14-10/h6-8H,4-5,11H2,1-3H3,(H,12,13). The van der Waals surface area contributed by atoms with Gasteiger partial charge in [-0.1, -0.05) is 38.0 Å². The molecule has 0 aliphatic heterocycles. The van der Waals surface area contributed by atoms with Gasteiger partial charge in [0, 0.05) is 6.04 Å². The van der Waals surface area contributed by atoms with E-state index in [1.54, 1.807) is 6.20 Å². The summed E-state index contributed by atoms with van der Waals surface area (Å²) in [5, 5.41) is 5.09. The van der Waals surface area contributed by atoms with Gasteiger partial charge in [0.1, 0.15) is 5.00 Å². The molecule has 0 spiro atoms. The van der Waals surface area contributed by atoms with Gasteiger partial charge >= 0.3 is 0 Å². The molecule has 0 fully saturated rings. The second-order valence-corrected chi connectivity index (χ2v) is 4.64. The van der Waals surface area contributed by atoms with Gasteiger partial charge in [-0.2, -0.15) is 0 Å². The molecule has 1 heterocycles. The van der Waals surface area contributed by atoms with Crippen LogP contribution in [0.25, 0.3) is 0 Å². The number of nitrogens with two attached hydrogens (primary N) is 1. The molecule has 3 nitrogen and oxygen atoms in total. The Balaban J connectivity index is 2.51. The second-order valence-electron chi connectivity index (χ2n) is 3.58. The summed E-state index contributed by atoms with van der Waals surface area (Å²) in [6.45, 7) is 6.65. The SMILES string of the molecule is CCC(CC)C(C)Nc1ncc(N)s1. The summed E-state index contributed by atoms with van der Waals surface area (Å²) in [7, 11) is 0. The van der Waals surface area contributed by atoms with Crippen molar-refractivity contribution in [2.45, 2.75) is 39.7 Å². The summed E-state index contributed by atoms with van der Waals surface area (Å²) in [5.41, 5.74) is 5.61. The van der Waals surface area contributed by atoms with Gasteiger partial charge in [0.15, 0.2) is 5.13 Å². The van der Waals surface area contributed by atoms with Crippen molar-refractivity contribution in [3.8, 4) is 0 Å². The molecule has 0 bridgehead atoms. The molecule has 1 rings (SSSR count). The number of rotatable bonds is 5. The first-order valence-corrected chi connectivity index (χ1v) is 5.96. The summed E-state index contributed by atoms with van der Waals surface area (Å²) >= 11 is 1.51. The van der Waals surface area contributed by atoms with Crippen molar-refractivity contribution in [1.29, 1.82) is 0 Å². The van der Waals surface area contributed by atoms with Crippen molar-refractivity contribution in [3.05, 3.63) is 6.20 Å². The Labute approximate surface area is 89.7 Å². The molecular weight excluding hydrogens is 194 g/mol. The monoisotopic (exact) mass is 213 g/mol. The minimum absolute atomic E-state index is 0.468. The zero-order valence-corrected chi connectivity index (χ0v) is 9.90. The van der Waals surface area contributed by atoms with Crippen LogP contribution in [0.4, 0.5) is 10.1 Å². The third-order valence-electron chi connectivity index (χ3n) is 2.63. The Kier molecular flexibility index (Phi) is 4.20. The van der Waals surface area contributed by atoms with Gasteiger partial charge in [0.25, 0.3) is 0 Å². The van der Waals surface area contributed by atoms with Crippen LogP contribution in [0.3, 0.4) is 0 Å². The van der Waals surface area contributed by atoms with E-state index in [2.05, 4.69) is 31.1 Å². The van der Waals surface area contributed by atoms with Gasteiger partial charge in [-0.3, -0.25) is 0 Å². The van der Waals surface area contributed by atoms with E-state index in [0.29, 0.717) is 12.0 Å². The Morgan fingerprint density at radius 2 is 2.14 bits per heavy atom. The van der Waals surface area contributed by atoms with E-state index in [4.69, 9.17) is 5.73 Å². The molecule has 1 aromatic heterocycles. The lowest BCUT2D eigenvalue weighted by Crippen LogP contribution is -2.24. The van der Waals surface area contributed by atoms with Crippen molar-refractivity contribution in [2.24, 2.45) is 5.92 Å². The number of nitrogen functional groups attached to an aromatic ring is 1. The van der Waals surface area contributed by atoms with Crippen LogP contribution in [-0.4, -0.2) is 11.0 Å². The largest absolute Gasteiger partial charge is 0.389 e. The number of thiazole rings is 1. The minimum Gasteiger partial charge on any atom is -0.389 e. The highest BCUT2D eigenvalue weighted by Crippen LogP contribution is 2.23. The highest BCUT2D eigenvalue weighted by atomic mass is 32.1. The second kappa shape index (κ2) is 5.20. The fourth-order valence-electron chi connectivity index (χ4n) is 1.66. The lowest BCUT2D eigenvalue weighted by molar-refractivity contribution is 0.438. The molecular formula is C10H19N3S. The predicted octanol–water partition coefficient (Wildman–Crippen LogP) is 2.96. The van der Waals surface area contributed by atoms with E-state index in [9.17, 15) is 0 Å². The Morgan fingerprint density at radius 1 is 1.50 bits per heavy atom. The Morgan fingerprint density at radius 3 is 2.57 bits per heavy atom. The van der Waals surface area contributed by atoms with Crippen molar-refractivity contribution in [3.63, 3.8) is 0 Å². The van der Waals surface area contributed by atoms with Crippen LogP contribution in [0.5, 0.6) is 0 Å². The maximum atomic E-state index is 5.61. The van der Waals surface area contributed by atoms with E-state index < -0.39 is 0 Å². The van der Waals surface area contributed by atoms with Crippen LogP contribution in [-0.2, 0) is 0 Å². The smallest absolute Gasteiger partial charge is 0.184 e. The highest BCUT2D eigenvalue weighted by Gasteiger charge is 2.14. The number of nitrogens with one attached hydrogen (secondary N) is 1. The van der Waals surface area contributed by atoms with Gasteiger partial charge in [-0.05, 0) is 12.8 Å². The molecule has 3 N–H and O–H groups in total. The molecule has 14 heavy (non-hydrogen) atoms. The third-order valence-corrected chi connectivity index (χ3v) is 3.39.